The number of carbonyl (C=O) groups excluding carboxylic acids is 1. The highest BCUT2D eigenvalue weighted by Gasteiger charge is 2.21. The molecule has 2 rings (SSSR count). The first kappa shape index (κ1) is 14.9. The Morgan fingerprint density at radius 2 is 2.25 bits per heavy atom. The van der Waals surface area contributed by atoms with Gasteiger partial charge in [-0.3, -0.25) is 4.79 Å². The second kappa shape index (κ2) is 7.90. The van der Waals surface area contributed by atoms with Gasteiger partial charge in [0.05, 0.1) is 0 Å². The monoisotopic (exact) mass is 276 g/mol. The van der Waals surface area contributed by atoms with Gasteiger partial charge >= 0.3 is 0 Å². The standard InChI is InChI=1S/C16H24N2O2/c1-2-8-17-10-14-4-3-5-15(9-14)20-12-16(19)18-11-13-6-7-13/h3-5,9,13,17H,2,6-8,10-12H2,1H3,(H,18,19). The van der Waals surface area contributed by atoms with Crippen LogP contribution in [-0.4, -0.2) is 25.6 Å². The average Bonchev–Trinajstić information content (AvgIpc) is 3.28. The number of rotatable bonds is 9. The van der Waals surface area contributed by atoms with E-state index in [1.54, 1.807) is 0 Å². The molecule has 0 aliphatic heterocycles. The molecule has 0 unspecified atom stereocenters. The number of ether oxygens (including phenoxy) is 1. The average molecular weight is 276 g/mol. The van der Waals surface area contributed by atoms with Gasteiger partial charge in [-0.1, -0.05) is 19.1 Å². The maximum Gasteiger partial charge on any atom is 0.257 e. The van der Waals surface area contributed by atoms with Crippen LogP contribution in [0.4, 0.5) is 0 Å². The van der Waals surface area contributed by atoms with E-state index in [4.69, 9.17) is 4.74 Å². The topological polar surface area (TPSA) is 50.4 Å². The van der Waals surface area contributed by atoms with Crippen LogP contribution in [0.15, 0.2) is 24.3 Å². The molecule has 0 bridgehead atoms. The van der Waals surface area contributed by atoms with E-state index in [0.29, 0.717) is 5.92 Å². The largest absolute Gasteiger partial charge is 0.484 e. The van der Waals surface area contributed by atoms with E-state index in [0.717, 1.165) is 31.8 Å². The minimum Gasteiger partial charge on any atom is -0.484 e. The fraction of sp³-hybridized carbons (Fsp3) is 0.562. The lowest BCUT2D eigenvalue weighted by molar-refractivity contribution is -0.123. The number of carbonyl (C=O) groups is 1. The Hall–Kier alpha value is -1.55. The Labute approximate surface area is 120 Å². The van der Waals surface area contributed by atoms with E-state index >= 15 is 0 Å². The first-order valence-corrected chi connectivity index (χ1v) is 7.47. The van der Waals surface area contributed by atoms with Gasteiger partial charge in [-0.2, -0.15) is 0 Å². The number of hydrogen-bond acceptors (Lipinski definition) is 3. The van der Waals surface area contributed by atoms with Crippen LogP contribution in [0.1, 0.15) is 31.7 Å². The van der Waals surface area contributed by atoms with Crippen molar-refractivity contribution >= 4 is 5.91 Å². The molecular weight excluding hydrogens is 252 g/mol. The van der Waals surface area contributed by atoms with Crippen LogP contribution in [0.3, 0.4) is 0 Å². The van der Waals surface area contributed by atoms with Crippen molar-refractivity contribution in [3.05, 3.63) is 29.8 Å². The molecule has 0 saturated heterocycles. The van der Waals surface area contributed by atoms with E-state index < -0.39 is 0 Å². The van der Waals surface area contributed by atoms with Crippen LogP contribution in [0.2, 0.25) is 0 Å². The zero-order valence-corrected chi connectivity index (χ0v) is 12.2. The molecular formula is C16H24N2O2. The molecule has 0 heterocycles. The maximum atomic E-state index is 11.6. The van der Waals surface area contributed by atoms with Gasteiger partial charge in [0.25, 0.3) is 5.91 Å². The summed E-state index contributed by atoms with van der Waals surface area (Å²) in [7, 11) is 0. The number of nitrogens with one attached hydrogen (secondary N) is 2. The Bertz CT molecular complexity index is 430. The highest BCUT2D eigenvalue weighted by Crippen LogP contribution is 2.27. The molecule has 20 heavy (non-hydrogen) atoms. The zero-order chi connectivity index (χ0) is 14.2. The van der Waals surface area contributed by atoms with Crippen LogP contribution in [-0.2, 0) is 11.3 Å². The summed E-state index contributed by atoms with van der Waals surface area (Å²) < 4.78 is 5.53. The molecule has 1 aromatic carbocycles. The van der Waals surface area contributed by atoms with E-state index in [1.165, 1.54) is 18.4 Å². The van der Waals surface area contributed by atoms with Crippen molar-refractivity contribution in [1.82, 2.24) is 10.6 Å². The third-order valence-corrected chi connectivity index (χ3v) is 3.31. The second-order valence-electron chi connectivity index (χ2n) is 5.36. The van der Waals surface area contributed by atoms with Crippen molar-refractivity contribution < 1.29 is 9.53 Å². The van der Waals surface area contributed by atoms with Gasteiger partial charge in [-0.15, -0.1) is 0 Å². The van der Waals surface area contributed by atoms with Gasteiger partial charge in [0.15, 0.2) is 6.61 Å². The molecule has 110 valence electrons. The minimum absolute atomic E-state index is 0.0357. The van der Waals surface area contributed by atoms with Gasteiger partial charge in [-0.25, -0.2) is 0 Å². The molecule has 1 saturated carbocycles. The van der Waals surface area contributed by atoms with E-state index in [-0.39, 0.29) is 12.5 Å². The number of amides is 1. The second-order valence-corrected chi connectivity index (χ2v) is 5.36. The van der Waals surface area contributed by atoms with Crippen molar-refractivity contribution in [2.75, 3.05) is 19.7 Å². The molecule has 0 aromatic heterocycles. The molecule has 0 spiro atoms. The van der Waals surface area contributed by atoms with Crippen LogP contribution >= 0.6 is 0 Å². The van der Waals surface area contributed by atoms with Crippen LogP contribution < -0.4 is 15.4 Å². The third kappa shape index (κ3) is 5.61. The molecule has 1 amide bonds. The maximum absolute atomic E-state index is 11.6. The van der Waals surface area contributed by atoms with Gasteiger partial charge in [0.1, 0.15) is 5.75 Å². The van der Waals surface area contributed by atoms with Crippen LogP contribution in [0.5, 0.6) is 5.75 Å². The lowest BCUT2D eigenvalue weighted by Crippen LogP contribution is -2.30. The molecule has 2 N–H and O–H groups in total. The lowest BCUT2D eigenvalue weighted by Gasteiger charge is -2.09. The Balaban J connectivity index is 1.70. The van der Waals surface area contributed by atoms with Gasteiger partial charge in [0.2, 0.25) is 0 Å². The molecule has 1 fully saturated rings. The summed E-state index contributed by atoms with van der Waals surface area (Å²) in [5, 5.41) is 6.24. The highest BCUT2D eigenvalue weighted by molar-refractivity contribution is 5.77. The summed E-state index contributed by atoms with van der Waals surface area (Å²) >= 11 is 0. The first-order valence-electron chi connectivity index (χ1n) is 7.47. The summed E-state index contributed by atoms with van der Waals surface area (Å²) in [4.78, 5) is 11.6. The number of benzene rings is 1. The summed E-state index contributed by atoms with van der Waals surface area (Å²) in [5.41, 5.74) is 1.18. The molecule has 0 atom stereocenters. The van der Waals surface area contributed by atoms with Crippen molar-refractivity contribution in [2.24, 2.45) is 5.92 Å². The fourth-order valence-corrected chi connectivity index (χ4v) is 1.93. The van der Waals surface area contributed by atoms with Crippen LogP contribution in [0, 0.1) is 5.92 Å². The SMILES string of the molecule is CCCNCc1cccc(OCC(=O)NCC2CC2)c1. The predicted molar refractivity (Wildman–Crippen MR) is 79.7 cm³/mol. The molecule has 0 radical (unpaired) electrons. The third-order valence-electron chi connectivity index (χ3n) is 3.31. The normalized spacial score (nSPS) is 14.1. The molecule has 1 aliphatic carbocycles. The smallest absolute Gasteiger partial charge is 0.257 e. The van der Waals surface area contributed by atoms with Crippen molar-refractivity contribution in [1.29, 1.82) is 0 Å². The molecule has 1 aromatic rings. The predicted octanol–water partition coefficient (Wildman–Crippen LogP) is 2.09. The van der Waals surface area contributed by atoms with Crippen molar-refractivity contribution in [3.8, 4) is 5.75 Å². The number of hydrogen-bond donors (Lipinski definition) is 2. The van der Waals surface area contributed by atoms with Gasteiger partial charge in [0, 0.05) is 13.1 Å². The summed E-state index contributed by atoms with van der Waals surface area (Å²) in [6, 6.07) is 7.89. The Morgan fingerprint density at radius 3 is 3.00 bits per heavy atom. The molecule has 4 nitrogen and oxygen atoms in total. The highest BCUT2D eigenvalue weighted by atomic mass is 16.5. The lowest BCUT2D eigenvalue weighted by atomic mass is 10.2. The van der Waals surface area contributed by atoms with Gasteiger partial charge in [-0.05, 0) is 49.4 Å². The quantitative estimate of drug-likeness (QED) is 0.679. The fourth-order valence-electron chi connectivity index (χ4n) is 1.93. The molecule has 4 heteroatoms. The Kier molecular flexibility index (Phi) is 5.87. The first-order chi connectivity index (χ1) is 9.78. The summed E-state index contributed by atoms with van der Waals surface area (Å²) in [5.74, 6) is 1.42. The van der Waals surface area contributed by atoms with E-state index in [2.05, 4.69) is 23.6 Å². The summed E-state index contributed by atoms with van der Waals surface area (Å²) in [6.07, 6.45) is 3.61. The molecule has 1 aliphatic rings. The summed E-state index contributed by atoms with van der Waals surface area (Å²) in [6.45, 7) is 4.88. The van der Waals surface area contributed by atoms with Crippen molar-refractivity contribution in [2.45, 2.75) is 32.7 Å². The van der Waals surface area contributed by atoms with E-state index in [9.17, 15) is 4.79 Å². The Morgan fingerprint density at radius 1 is 1.40 bits per heavy atom. The van der Waals surface area contributed by atoms with Gasteiger partial charge < -0.3 is 15.4 Å². The zero-order valence-electron chi connectivity index (χ0n) is 12.2. The van der Waals surface area contributed by atoms with E-state index in [1.807, 2.05) is 18.2 Å². The minimum atomic E-state index is -0.0357. The van der Waals surface area contributed by atoms with Crippen LogP contribution in [0.25, 0.3) is 0 Å². The van der Waals surface area contributed by atoms with Crippen molar-refractivity contribution in [3.63, 3.8) is 0 Å².